The number of aliphatic imine (C=N–C) groups is 1. The molecule has 0 spiro atoms. The molecule has 1 fully saturated rings. The first-order chi connectivity index (χ1) is 13.7. The molecule has 1 aromatic heterocycles. The molecule has 5 nitrogen and oxygen atoms in total. The van der Waals surface area contributed by atoms with E-state index in [4.69, 9.17) is 9.73 Å². The third kappa shape index (κ3) is 3.60. The number of carbonyl (C=O) groups is 1. The smallest absolute Gasteiger partial charge is 0.151 e. The van der Waals surface area contributed by atoms with Gasteiger partial charge in [-0.1, -0.05) is 12.1 Å². The quantitative estimate of drug-likeness (QED) is 0.789. The summed E-state index contributed by atoms with van der Waals surface area (Å²) in [5.41, 5.74) is 5.16. The van der Waals surface area contributed by atoms with Crippen LogP contribution in [0.2, 0.25) is 0 Å². The zero-order chi connectivity index (χ0) is 19.5. The number of rotatable bonds is 4. The van der Waals surface area contributed by atoms with Crippen LogP contribution in [-0.4, -0.2) is 23.2 Å². The summed E-state index contributed by atoms with van der Waals surface area (Å²) in [6.07, 6.45) is 6.93. The van der Waals surface area contributed by atoms with Gasteiger partial charge in [-0.3, -0.25) is 4.79 Å². The molecule has 0 aliphatic heterocycles. The van der Waals surface area contributed by atoms with E-state index in [1.807, 2.05) is 12.1 Å². The van der Waals surface area contributed by atoms with E-state index in [0.29, 0.717) is 24.9 Å². The minimum atomic E-state index is 0.251. The molecular weight excluding hydrogens is 350 g/mol. The molecule has 0 saturated heterocycles. The Morgan fingerprint density at radius 3 is 2.61 bits per heavy atom. The number of aromatic nitrogens is 1. The van der Waals surface area contributed by atoms with Crippen molar-refractivity contribution < 1.29 is 9.53 Å². The summed E-state index contributed by atoms with van der Waals surface area (Å²) in [6, 6.07) is 10.4. The van der Waals surface area contributed by atoms with Gasteiger partial charge in [0.15, 0.2) is 5.82 Å². The fraction of sp³-hybridized carbons (Fsp3) is 0.435. The van der Waals surface area contributed by atoms with Crippen molar-refractivity contribution in [2.75, 3.05) is 7.11 Å². The zero-order valence-electron chi connectivity index (χ0n) is 16.3. The van der Waals surface area contributed by atoms with Gasteiger partial charge in [-0.15, -0.1) is 0 Å². The highest BCUT2D eigenvalue weighted by atomic mass is 16.5. The number of nitriles is 1. The van der Waals surface area contributed by atoms with Crippen molar-refractivity contribution in [2.24, 2.45) is 4.99 Å². The first-order valence-corrected chi connectivity index (χ1v) is 10.0. The number of benzene rings is 1. The van der Waals surface area contributed by atoms with Gasteiger partial charge < -0.3 is 9.30 Å². The lowest BCUT2D eigenvalue weighted by atomic mass is 9.95. The van der Waals surface area contributed by atoms with Gasteiger partial charge in [0.1, 0.15) is 17.6 Å². The number of hydrogen-bond acceptors (Lipinski definition) is 4. The molecule has 0 bridgehead atoms. The molecule has 0 atom stereocenters. The number of nitrogens with zero attached hydrogens (tertiary/aromatic N) is 3. The van der Waals surface area contributed by atoms with Crippen molar-refractivity contribution in [3.63, 3.8) is 0 Å². The Morgan fingerprint density at radius 1 is 1.11 bits per heavy atom. The molecule has 2 aliphatic carbocycles. The van der Waals surface area contributed by atoms with Crippen LogP contribution in [0, 0.1) is 11.3 Å². The van der Waals surface area contributed by atoms with E-state index in [1.165, 1.54) is 5.69 Å². The lowest BCUT2D eigenvalue weighted by Gasteiger charge is -2.17. The van der Waals surface area contributed by atoms with Crippen molar-refractivity contribution in [3.8, 4) is 11.8 Å². The monoisotopic (exact) mass is 375 g/mol. The summed E-state index contributed by atoms with van der Waals surface area (Å²) >= 11 is 0. The van der Waals surface area contributed by atoms with Crippen LogP contribution in [0.15, 0.2) is 29.3 Å². The minimum Gasteiger partial charge on any atom is -0.497 e. The fourth-order valence-electron chi connectivity index (χ4n) is 4.31. The Morgan fingerprint density at radius 2 is 1.89 bits per heavy atom. The van der Waals surface area contributed by atoms with E-state index < -0.39 is 0 Å². The molecule has 1 aromatic carbocycles. The first-order valence-electron chi connectivity index (χ1n) is 10.0. The zero-order valence-corrected chi connectivity index (χ0v) is 16.3. The highest BCUT2D eigenvalue weighted by Crippen LogP contribution is 2.36. The fourth-order valence-corrected chi connectivity index (χ4v) is 4.31. The number of ketones is 1. The van der Waals surface area contributed by atoms with Gasteiger partial charge in [0, 0.05) is 30.8 Å². The lowest BCUT2D eigenvalue weighted by Crippen LogP contribution is -2.14. The van der Waals surface area contributed by atoms with Crippen molar-refractivity contribution >= 4 is 17.3 Å². The van der Waals surface area contributed by atoms with E-state index in [2.05, 4.69) is 22.8 Å². The third-order valence-electron chi connectivity index (χ3n) is 5.74. The Bertz CT molecular complexity index is 961. The normalized spacial score (nSPS) is 18.0. The van der Waals surface area contributed by atoms with E-state index in [0.717, 1.165) is 66.9 Å². The topological polar surface area (TPSA) is 67.4 Å². The first kappa shape index (κ1) is 18.5. The molecule has 0 unspecified atom stereocenters. The molecule has 0 amide bonds. The van der Waals surface area contributed by atoms with Crippen molar-refractivity contribution in [3.05, 3.63) is 46.6 Å². The lowest BCUT2D eigenvalue weighted by molar-refractivity contribution is -0.118. The predicted molar refractivity (Wildman–Crippen MR) is 108 cm³/mol. The van der Waals surface area contributed by atoms with Crippen molar-refractivity contribution in [2.45, 2.75) is 57.9 Å². The summed E-state index contributed by atoms with van der Waals surface area (Å²) in [5, 5.41) is 9.89. The largest absolute Gasteiger partial charge is 0.497 e. The maximum Gasteiger partial charge on any atom is 0.151 e. The second-order valence-electron chi connectivity index (χ2n) is 7.62. The van der Waals surface area contributed by atoms with Gasteiger partial charge in [-0.05, 0) is 61.8 Å². The molecule has 0 radical (unpaired) electrons. The van der Waals surface area contributed by atoms with Gasteiger partial charge in [0.05, 0.1) is 12.7 Å². The summed E-state index contributed by atoms with van der Waals surface area (Å²) in [4.78, 5) is 16.8. The highest BCUT2D eigenvalue weighted by molar-refractivity contribution is 6.05. The maximum atomic E-state index is 11.9. The summed E-state index contributed by atoms with van der Waals surface area (Å²) in [6.45, 7) is 0.675. The van der Waals surface area contributed by atoms with Crippen LogP contribution in [0.4, 0.5) is 5.82 Å². The predicted octanol–water partition coefficient (Wildman–Crippen LogP) is 4.51. The molecule has 5 heteroatoms. The van der Waals surface area contributed by atoms with Crippen LogP contribution in [0.3, 0.4) is 0 Å². The molecule has 2 aliphatic rings. The van der Waals surface area contributed by atoms with Crippen LogP contribution in [0.25, 0.3) is 0 Å². The summed E-state index contributed by atoms with van der Waals surface area (Å²) < 4.78 is 7.47. The molecule has 0 N–H and O–H groups in total. The maximum absolute atomic E-state index is 11.9. The van der Waals surface area contributed by atoms with Crippen LogP contribution < -0.4 is 4.74 Å². The van der Waals surface area contributed by atoms with E-state index in [9.17, 15) is 10.1 Å². The molecule has 1 saturated carbocycles. The number of ether oxygens (including phenoxy) is 1. The molecule has 4 rings (SSSR count). The molecule has 1 heterocycles. The van der Waals surface area contributed by atoms with Crippen LogP contribution >= 0.6 is 0 Å². The molecule has 28 heavy (non-hydrogen) atoms. The average molecular weight is 375 g/mol. The summed E-state index contributed by atoms with van der Waals surface area (Å²) in [5.74, 6) is 1.83. The van der Waals surface area contributed by atoms with Gasteiger partial charge in [-0.2, -0.15) is 5.26 Å². The number of carbonyl (C=O) groups excluding carboxylic acids is 1. The number of hydrogen-bond donors (Lipinski definition) is 0. The minimum absolute atomic E-state index is 0.251. The molecule has 2 aromatic rings. The Balaban J connectivity index is 1.78. The highest BCUT2D eigenvalue weighted by Gasteiger charge is 2.26. The average Bonchev–Trinajstić information content (AvgIpc) is 3.01. The number of fused-ring (bicyclic) bond motifs is 1. The third-order valence-corrected chi connectivity index (χ3v) is 5.74. The Kier molecular flexibility index (Phi) is 5.29. The number of Topliss-reactive ketones (excluding diaryl/α,β-unsaturated/α-hetero) is 1. The Labute approximate surface area is 165 Å². The SMILES string of the molecule is COc1ccc(Cn2c3c(c(C#N)c2N=C2CCCC(=O)C2)CCCC3)cc1. The van der Waals surface area contributed by atoms with E-state index >= 15 is 0 Å². The van der Waals surface area contributed by atoms with E-state index in [1.54, 1.807) is 7.11 Å². The van der Waals surface area contributed by atoms with Gasteiger partial charge >= 0.3 is 0 Å². The van der Waals surface area contributed by atoms with Crippen LogP contribution in [-0.2, 0) is 24.2 Å². The second kappa shape index (κ2) is 8.02. The van der Waals surface area contributed by atoms with Crippen molar-refractivity contribution in [1.29, 1.82) is 5.26 Å². The number of methoxy groups -OCH3 is 1. The Hall–Kier alpha value is -2.87. The molecular formula is C23H25N3O2. The standard InChI is InChI=1S/C23H25N3O2/c1-28-19-11-9-16(10-12-19)15-26-22-8-3-2-7-20(22)21(14-24)23(26)25-17-5-4-6-18(27)13-17/h9-12H,2-8,13,15H2,1H3. The van der Waals surface area contributed by atoms with E-state index in [-0.39, 0.29) is 5.78 Å². The van der Waals surface area contributed by atoms with Crippen LogP contribution in [0.5, 0.6) is 5.75 Å². The van der Waals surface area contributed by atoms with Gasteiger partial charge in [-0.25, -0.2) is 4.99 Å². The summed E-state index contributed by atoms with van der Waals surface area (Å²) in [7, 11) is 1.66. The van der Waals surface area contributed by atoms with Crippen LogP contribution in [0.1, 0.15) is 60.9 Å². The molecule has 144 valence electrons. The van der Waals surface area contributed by atoms with Crippen molar-refractivity contribution in [1.82, 2.24) is 4.57 Å². The van der Waals surface area contributed by atoms with Gasteiger partial charge in [0.2, 0.25) is 0 Å². The second-order valence-corrected chi connectivity index (χ2v) is 7.62. The van der Waals surface area contributed by atoms with Gasteiger partial charge in [0.25, 0.3) is 0 Å².